The largest absolute Gasteiger partial charge is 0.338 e. The highest BCUT2D eigenvalue weighted by atomic mass is 16.2. The standard InChI is InChI=1S/C20H21N3O3/c1-2-18(24)21-16-7-3-14(4-8-16)5-10-20(26)23-12-11-17-15(13-23)6-9-19(25)22-17/h2-4,6-9H,1,5,10-13H2,(H,21,24)(H,22,25). The van der Waals surface area contributed by atoms with Crippen LogP contribution in [-0.4, -0.2) is 28.2 Å². The van der Waals surface area contributed by atoms with Gasteiger partial charge in [-0.25, -0.2) is 0 Å². The molecule has 0 radical (unpaired) electrons. The smallest absolute Gasteiger partial charge is 0.248 e. The van der Waals surface area contributed by atoms with E-state index in [0.29, 0.717) is 38.0 Å². The van der Waals surface area contributed by atoms with E-state index in [2.05, 4.69) is 16.9 Å². The van der Waals surface area contributed by atoms with Crippen molar-refractivity contribution in [1.82, 2.24) is 9.88 Å². The number of benzene rings is 1. The maximum absolute atomic E-state index is 12.5. The van der Waals surface area contributed by atoms with Crippen molar-refractivity contribution in [1.29, 1.82) is 0 Å². The van der Waals surface area contributed by atoms with E-state index in [0.717, 1.165) is 16.8 Å². The number of rotatable bonds is 5. The van der Waals surface area contributed by atoms with Crippen molar-refractivity contribution in [2.45, 2.75) is 25.8 Å². The number of anilines is 1. The molecular formula is C20H21N3O3. The molecule has 0 spiro atoms. The zero-order chi connectivity index (χ0) is 18.5. The molecule has 1 aliphatic rings. The van der Waals surface area contributed by atoms with Gasteiger partial charge in [0.25, 0.3) is 0 Å². The van der Waals surface area contributed by atoms with Crippen molar-refractivity contribution in [2.24, 2.45) is 0 Å². The number of aryl methyl sites for hydroxylation is 1. The number of amides is 2. The van der Waals surface area contributed by atoms with Gasteiger partial charge in [-0.3, -0.25) is 14.4 Å². The van der Waals surface area contributed by atoms with Gasteiger partial charge in [0.15, 0.2) is 0 Å². The molecule has 0 saturated carbocycles. The Morgan fingerprint density at radius 3 is 2.69 bits per heavy atom. The summed E-state index contributed by atoms with van der Waals surface area (Å²) in [6.07, 6.45) is 2.97. The number of fused-ring (bicyclic) bond motifs is 1. The minimum Gasteiger partial charge on any atom is -0.338 e. The number of pyridine rings is 1. The highest BCUT2D eigenvalue weighted by Gasteiger charge is 2.20. The van der Waals surface area contributed by atoms with Crippen LogP contribution in [0.15, 0.2) is 53.8 Å². The fourth-order valence-corrected chi connectivity index (χ4v) is 3.02. The third kappa shape index (κ3) is 4.27. The second-order valence-corrected chi connectivity index (χ2v) is 6.28. The lowest BCUT2D eigenvalue weighted by Crippen LogP contribution is -2.37. The molecule has 26 heavy (non-hydrogen) atoms. The van der Waals surface area contributed by atoms with E-state index in [1.807, 2.05) is 29.2 Å². The summed E-state index contributed by atoms with van der Waals surface area (Å²) in [5.41, 5.74) is 3.57. The summed E-state index contributed by atoms with van der Waals surface area (Å²) in [5.74, 6) is -0.148. The first-order chi connectivity index (χ1) is 12.5. The summed E-state index contributed by atoms with van der Waals surface area (Å²) in [4.78, 5) is 39.8. The summed E-state index contributed by atoms with van der Waals surface area (Å²) >= 11 is 0. The lowest BCUT2D eigenvalue weighted by Gasteiger charge is -2.28. The number of aromatic nitrogens is 1. The third-order valence-electron chi connectivity index (χ3n) is 4.48. The van der Waals surface area contributed by atoms with Crippen LogP contribution in [0.3, 0.4) is 0 Å². The quantitative estimate of drug-likeness (QED) is 0.809. The van der Waals surface area contributed by atoms with Crippen LogP contribution in [0.25, 0.3) is 0 Å². The molecule has 0 unspecified atom stereocenters. The normalized spacial score (nSPS) is 13.0. The Hall–Kier alpha value is -3.15. The SMILES string of the molecule is C=CC(=O)Nc1ccc(CCC(=O)N2CCc3[nH]c(=O)ccc3C2)cc1. The molecule has 1 aromatic heterocycles. The highest BCUT2D eigenvalue weighted by molar-refractivity contribution is 5.98. The molecule has 0 bridgehead atoms. The molecule has 3 rings (SSSR count). The number of H-pyrrole nitrogens is 1. The van der Waals surface area contributed by atoms with Gasteiger partial charge in [0.2, 0.25) is 17.4 Å². The van der Waals surface area contributed by atoms with Gasteiger partial charge in [0, 0.05) is 43.4 Å². The predicted molar refractivity (Wildman–Crippen MR) is 99.8 cm³/mol. The van der Waals surface area contributed by atoms with Crippen LogP contribution in [0, 0.1) is 0 Å². The molecular weight excluding hydrogens is 330 g/mol. The van der Waals surface area contributed by atoms with Crippen molar-refractivity contribution in [2.75, 3.05) is 11.9 Å². The number of hydrogen-bond acceptors (Lipinski definition) is 3. The van der Waals surface area contributed by atoms with Crippen LogP contribution >= 0.6 is 0 Å². The zero-order valence-corrected chi connectivity index (χ0v) is 14.5. The Bertz CT molecular complexity index is 884. The number of aromatic amines is 1. The van der Waals surface area contributed by atoms with Crippen molar-refractivity contribution in [3.8, 4) is 0 Å². The predicted octanol–water partition coefficient (Wildman–Crippen LogP) is 2.02. The Kier molecular flexibility index (Phi) is 5.31. The van der Waals surface area contributed by atoms with Crippen molar-refractivity contribution in [3.05, 3.63) is 76.2 Å². The van der Waals surface area contributed by atoms with E-state index in [1.165, 1.54) is 12.1 Å². The second kappa shape index (κ2) is 7.82. The van der Waals surface area contributed by atoms with Crippen LogP contribution in [0.4, 0.5) is 5.69 Å². The summed E-state index contributed by atoms with van der Waals surface area (Å²) < 4.78 is 0. The number of carbonyl (C=O) groups is 2. The van der Waals surface area contributed by atoms with Gasteiger partial charge in [-0.05, 0) is 35.8 Å². The molecule has 6 nitrogen and oxygen atoms in total. The summed E-state index contributed by atoms with van der Waals surface area (Å²) in [7, 11) is 0. The van der Waals surface area contributed by atoms with Crippen LogP contribution in [0.5, 0.6) is 0 Å². The maximum atomic E-state index is 12.5. The van der Waals surface area contributed by atoms with Gasteiger partial charge >= 0.3 is 0 Å². The Balaban J connectivity index is 1.54. The number of nitrogens with zero attached hydrogens (tertiary/aromatic N) is 1. The first-order valence-electron chi connectivity index (χ1n) is 8.56. The van der Waals surface area contributed by atoms with Gasteiger partial charge in [0.1, 0.15) is 0 Å². The first-order valence-corrected chi connectivity index (χ1v) is 8.56. The van der Waals surface area contributed by atoms with Crippen molar-refractivity contribution in [3.63, 3.8) is 0 Å². The van der Waals surface area contributed by atoms with E-state index >= 15 is 0 Å². The fraction of sp³-hybridized carbons (Fsp3) is 0.250. The number of carbonyl (C=O) groups excluding carboxylic acids is 2. The second-order valence-electron chi connectivity index (χ2n) is 6.28. The minimum atomic E-state index is -0.250. The van der Waals surface area contributed by atoms with E-state index in [9.17, 15) is 14.4 Å². The van der Waals surface area contributed by atoms with Crippen LogP contribution in [0.2, 0.25) is 0 Å². The molecule has 2 heterocycles. The lowest BCUT2D eigenvalue weighted by atomic mass is 10.0. The molecule has 2 amide bonds. The topological polar surface area (TPSA) is 82.3 Å². The van der Waals surface area contributed by atoms with Gasteiger partial charge in [-0.15, -0.1) is 0 Å². The molecule has 6 heteroatoms. The molecule has 2 N–H and O–H groups in total. The Morgan fingerprint density at radius 1 is 1.19 bits per heavy atom. The third-order valence-corrected chi connectivity index (χ3v) is 4.48. The average molecular weight is 351 g/mol. The monoisotopic (exact) mass is 351 g/mol. The Morgan fingerprint density at radius 2 is 1.96 bits per heavy atom. The molecule has 134 valence electrons. The number of hydrogen-bond donors (Lipinski definition) is 2. The molecule has 1 aromatic carbocycles. The minimum absolute atomic E-state index is 0.101. The highest BCUT2D eigenvalue weighted by Crippen LogP contribution is 2.17. The maximum Gasteiger partial charge on any atom is 0.248 e. The zero-order valence-electron chi connectivity index (χ0n) is 14.5. The van der Waals surface area contributed by atoms with Crippen LogP contribution in [-0.2, 0) is 29.0 Å². The molecule has 1 aliphatic heterocycles. The fourth-order valence-electron chi connectivity index (χ4n) is 3.02. The number of nitrogens with one attached hydrogen (secondary N) is 2. The van der Waals surface area contributed by atoms with Gasteiger partial charge in [0.05, 0.1) is 0 Å². The van der Waals surface area contributed by atoms with E-state index in [4.69, 9.17) is 0 Å². The van der Waals surface area contributed by atoms with Crippen molar-refractivity contribution < 1.29 is 9.59 Å². The summed E-state index contributed by atoms with van der Waals surface area (Å²) in [6.45, 7) is 4.58. The van der Waals surface area contributed by atoms with E-state index in [1.54, 1.807) is 6.07 Å². The average Bonchev–Trinajstić information content (AvgIpc) is 2.66. The first kappa shape index (κ1) is 17.7. The van der Waals surface area contributed by atoms with E-state index < -0.39 is 0 Å². The summed E-state index contributed by atoms with van der Waals surface area (Å²) in [5, 5.41) is 2.69. The molecule has 0 saturated heterocycles. The molecule has 0 aliphatic carbocycles. The van der Waals surface area contributed by atoms with Gasteiger partial charge in [-0.1, -0.05) is 24.8 Å². The van der Waals surface area contributed by atoms with Crippen molar-refractivity contribution >= 4 is 17.5 Å². The van der Waals surface area contributed by atoms with Gasteiger partial charge in [-0.2, -0.15) is 0 Å². The van der Waals surface area contributed by atoms with Crippen LogP contribution < -0.4 is 10.9 Å². The molecule has 0 fully saturated rings. The molecule has 2 aromatic rings. The Labute approximate surface area is 151 Å². The van der Waals surface area contributed by atoms with Crippen LogP contribution in [0.1, 0.15) is 23.2 Å². The molecule has 0 atom stereocenters. The van der Waals surface area contributed by atoms with Gasteiger partial charge < -0.3 is 15.2 Å². The summed E-state index contributed by atoms with van der Waals surface area (Å²) in [6, 6.07) is 10.7. The van der Waals surface area contributed by atoms with E-state index in [-0.39, 0.29) is 17.4 Å². The lowest BCUT2D eigenvalue weighted by molar-refractivity contribution is -0.132.